The van der Waals surface area contributed by atoms with Crippen LogP contribution >= 0.6 is 0 Å². The smallest absolute Gasteiger partial charge is 0.313 e. The first-order chi connectivity index (χ1) is 15.6. The SMILES string of the molecule is CC1(C)CC2=C3C=C[C@@H]4[C@@]5(C)CC[C@@H](O)C(C)(C)[C@@H]5CC[C@@]4(C)[C@]3(C)CC[C@@]2(C(=O)O)C[C@@H]1O. The van der Waals surface area contributed by atoms with E-state index < -0.39 is 17.5 Å². The Morgan fingerprint density at radius 3 is 2.24 bits per heavy atom. The number of rotatable bonds is 1. The molecule has 0 amide bonds. The highest BCUT2D eigenvalue weighted by molar-refractivity contribution is 5.80. The van der Waals surface area contributed by atoms with Crippen LogP contribution in [0.1, 0.15) is 99.8 Å². The summed E-state index contributed by atoms with van der Waals surface area (Å²) in [6.45, 7) is 16.1. The highest BCUT2D eigenvalue weighted by Gasteiger charge is 2.67. The van der Waals surface area contributed by atoms with Gasteiger partial charge in [-0.2, -0.15) is 0 Å². The van der Waals surface area contributed by atoms with Gasteiger partial charge < -0.3 is 15.3 Å². The lowest BCUT2D eigenvalue weighted by Crippen LogP contribution is -2.63. The summed E-state index contributed by atoms with van der Waals surface area (Å²) in [7, 11) is 0. The molecule has 4 heteroatoms. The first-order valence-corrected chi connectivity index (χ1v) is 13.6. The molecular formula is C30H46O4. The number of carboxylic acids is 1. The Bertz CT molecular complexity index is 974. The topological polar surface area (TPSA) is 77.8 Å². The minimum absolute atomic E-state index is 0.0541. The van der Waals surface area contributed by atoms with Crippen LogP contribution in [0.25, 0.3) is 0 Å². The highest BCUT2D eigenvalue weighted by Crippen LogP contribution is 2.74. The standard InChI is InChI=1S/C30H46O4/c1-25(2)16-19-18-8-9-21-27(5)12-11-22(31)26(3,4)20(27)10-13-29(21,7)28(18,6)14-15-30(19,24(33)34)17-23(25)32/h8-9,20-23,31-32H,10-17H2,1-7H3,(H,33,34)/t20-,21+,22+,23-,27-,28+,29+,30+/m0/s1. The largest absolute Gasteiger partial charge is 0.481 e. The van der Waals surface area contributed by atoms with Crippen molar-refractivity contribution in [1.82, 2.24) is 0 Å². The van der Waals surface area contributed by atoms with Crippen molar-refractivity contribution in [1.29, 1.82) is 0 Å². The van der Waals surface area contributed by atoms with E-state index in [1.165, 1.54) is 5.57 Å². The third kappa shape index (κ3) is 2.76. The Hall–Kier alpha value is -1.13. The van der Waals surface area contributed by atoms with Crippen LogP contribution in [-0.4, -0.2) is 33.5 Å². The molecule has 8 atom stereocenters. The number of carbonyl (C=O) groups is 1. The number of aliphatic carboxylic acids is 1. The Kier molecular flexibility index (Phi) is 5.06. The molecule has 5 aliphatic carbocycles. The van der Waals surface area contributed by atoms with E-state index in [1.54, 1.807) is 0 Å². The predicted molar refractivity (Wildman–Crippen MR) is 134 cm³/mol. The molecule has 0 unspecified atom stereocenters. The van der Waals surface area contributed by atoms with Crippen molar-refractivity contribution >= 4 is 5.97 Å². The zero-order valence-electron chi connectivity index (χ0n) is 22.4. The fourth-order valence-corrected chi connectivity index (χ4v) is 9.93. The number of fused-ring (bicyclic) bond motifs is 6. The van der Waals surface area contributed by atoms with Gasteiger partial charge in [-0.15, -0.1) is 0 Å². The molecule has 190 valence electrons. The number of hydrogen-bond acceptors (Lipinski definition) is 3. The van der Waals surface area contributed by atoms with Crippen molar-refractivity contribution in [2.45, 2.75) is 112 Å². The summed E-state index contributed by atoms with van der Waals surface area (Å²) in [4.78, 5) is 12.8. The van der Waals surface area contributed by atoms with Crippen molar-refractivity contribution in [2.75, 3.05) is 0 Å². The third-order valence-electron chi connectivity index (χ3n) is 12.6. The summed E-state index contributed by atoms with van der Waals surface area (Å²) in [5.74, 6) is 0.139. The summed E-state index contributed by atoms with van der Waals surface area (Å²) in [5, 5.41) is 32.2. The van der Waals surface area contributed by atoms with Crippen LogP contribution in [0, 0.1) is 44.3 Å². The molecule has 34 heavy (non-hydrogen) atoms. The van der Waals surface area contributed by atoms with Crippen LogP contribution in [0.2, 0.25) is 0 Å². The fourth-order valence-electron chi connectivity index (χ4n) is 9.93. The van der Waals surface area contributed by atoms with Crippen LogP contribution in [-0.2, 0) is 4.79 Å². The number of allylic oxidation sites excluding steroid dienone is 3. The summed E-state index contributed by atoms with van der Waals surface area (Å²) in [6, 6.07) is 0. The molecule has 4 nitrogen and oxygen atoms in total. The van der Waals surface area contributed by atoms with Crippen LogP contribution in [0.5, 0.6) is 0 Å². The molecule has 0 saturated heterocycles. The lowest BCUT2D eigenvalue weighted by Gasteiger charge is -2.69. The normalized spacial score (nSPS) is 51.1. The zero-order valence-corrected chi connectivity index (χ0v) is 22.4. The van der Waals surface area contributed by atoms with E-state index in [2.05, 4.69) is 60.6 Å². The molecule has 0 aromatic carbocycles. The molecule has 0 aromatic rings. The minimum atomic E-state index is -0.935. The van der Waals surface area contributed by atoms with Crippen LogP contribution in [0.15, 0.2) is 23.3 Å². The van der Waals surface area contributed by atoms with E-state index >= 15 is 0 Å². The number of aliphatic hydroxyl groups excluding tert-OH is 2. The number of aliphatic hydroxyl groups is 2. The summed E-state index contributed by atoms with van der Waals surface area (Å²) in [5.41, 5.74) is 1.12. The predicted octanol–water partition coefficient (Wildman–Crippen LogP) is 6.12. The van der Waals surface area contributed by atoms with Crippen LogP contribution in [0.4, 0.5) is 0 Å². The second-order valence-corrected chi connectivity index (χ2v) is 14.7. The second kappa shape index (κ2) is 7.00. The van der Waals surface area contributed by atoms with Crippen LogP contribution in [0.3, 0.4) is 0 Å². The molecule has 5 rings (SSSR count). The first-order valence-electron chi connectivity index (χ1n) is 13.6. The van der Waals surface area contributed by atoms with E-state index in [0.29, 0.717) is 31.1 Å². The number of hydrogen-bond donors (Lipinski definition) is 3. The Morgan fingerprint density at radius 2 is 1.59 bits per heavy atom. The quantitative estimate of drug-likeness (QED) is 0.431. The monoisotopic (exact) mass is 470 g/mol. The average molecular weight is 471 g/mol. The van der Waals surface area contributed by atoms with Crippen molar-refractivity contribution in [3.8, 4) is 0 Å². The Balaban J connectivity index is 1.68. The fraction of sp³-hybridized carbons (Fsp3) is 0.833. The molecule has 3 saturated carbocycles. The maximum Gasteiger partial charge on any atom is 0.313 e. The average Bonchev–Trinajstić information content (AvgIpc) is 2.72. The van der Waals surface area contributed by atoms with Gasteiger partial charge in [0.15, 0.2) is 0 Å². The summed E-state index contributed by atoms with van der Waals surface area (Å²) < 4.78 is 0. The highest BCUT2D eigenvalue weighted by atomic mass is 16.4. The van der Waals surface area contributed by atoms with Gasteiger partial charge in [-0.25, -0.2) is 0 Å². The van der Waals surface area contributed by atoms with Gasteiger partial charge in [0.05, 0.1) is 17.6 Å². The molecule has 0 radical (unpaired) electrons. The van der Waals surface area contributed by atoms with Gasteiger partial charge in [0, 0.05) is 0 Å². The van der Waals surface area contributed by atoms with Crippen molar-refractivity contribution in [2.24, 2.45) is 44.3 Å². The van der Waals surface area contributed by atoms with Crippen LogP contribution < -0.4 is 0 Å². The minimum Gasteiger partial charge on any atom is -0.481 e. The van der Waals surface area contributed by atoms with Crippen molar-refractivity contribution in [3.63, 3.8) is 0 Å². The van der Waals surface area contributed by atoms with E-state index in [-0.39, 0.29) is 33.2 Å². The van der Waals surface area contributed by atoms with E-state index in [1.807, 2.05) is 0 Å². The van der Waals surface area contributed by atoms with E-state index in [9.17, 15) is 20.1 Å². The van der Waals surface area contributed by atoms with Gasteiger partial charge in [-0.05, 0) is 101 Å². The van der Waals surface area contributed by atoms with Gasteiger partial charge in [0.25, 0.3) is 0 Å². The third-order valence-corrected chi connectivity index (χ3v) is 12.6. The van der Waals surface area contributed by atoms with Gasteiger partial charge in [-0.1, -0.05) is 60.6 Å². The van der Waals surface area contributed by atoms with Gasteiger partial charge in [0.2, 0.25) is 0 Å². The van der Waals surface area contributed by atoms with Gasteiger partial charge in [0.1, 0.15) is 0 Å². The second-order valence-electron chi connectivity index (χ2n) is 14.7. The maximum absolute atomic E-state index is 12.8. The van der Waals surface area contributed by atoms with Crippen molar-refractivity contribution in [3.05, 3.63) is 23.3 Å². The first kappa shape index (κ1) is 24.6. The molecule has 0 spiro atoms. The van der Waals surface area contributed by atoms with Crippen molar-refractivity contribution < 1.29 is 20.1 Å². The zero-order chi connectivity index (χ0) is 25.1. The van der Waals surface area contributed by atoms with Gasteiger partial charge in [-0.3, -0.25) is 4.79 Å². The van der Waals surface area contributed by atoms with E-state index in [4.69, 9.17) is 0 Å². The molecular weight excluding hydrogens is 424 g/mol. The molecule has 3 N–H and O–H groups in total. The Morgan fingerprint density at radius 1 is 0.912 bits per heavy atom. The number of carboxylic acid groups (broad SMARTS) is 1. The molecule has 3 fully saturated rings. The summed E-state index contributed by atoms with van der Waals surface area (Å²) in [6.07, 6.45) is 10.5. The van der Waals surface area contributed by atoms with E-state index in [0.717, 1.165) is 37.7 Å². The Labute approximate surface area is 205 Å². The lowest BCUT2D eigenvalue weighted by molar-refractivity contribution is -0.184. The maximum atomic E-state index is 12.8. The molecule has 5 aliphatic rings. The molecule has 0 aromatic heterocycles. The lowest BCUT2D eigenvalue weighted by atomic mass is 9.35. The molecule has 0 bridgehead atoms. The molecule has 0 heterocycles. The summed E-state index contributed by atoms with van der Waals surface area (Å²) >= 11 is 0. The molecule has 0 aliphatic heterocycles. The van der Waals surface area contributed by atoms with Gasteiger partial charge >= 0.3 is 5.97 Å².